The number of hydrogen-bond donors (Lipinski definition) is 2. The topological polar surface area (TPSA) is 105 Å². The van der Waals surface area contributed by atoms with Crippen molar-refractivity contribution in [3.05, 3.63) is 70.4 Å². The molecule has 0 bridgehead atoms. The van der Waals surface area contributed by atoms with Crippen LogP contribution in [-0.4, -0.2) is 51.7 Å². The lowest BCUT2D eigenvalue weighted by molar-refractivity contribution is 0.0903. The second-order valence-electron chi connectivity index (χ2n) is 8.33. The van der Waals surface area contributed by atoms with E-state index in [1.807, 2.05) is 6.20 Å². The maximum atomic E-state index is 14.1. The van der Waals surface area contributed by atoms with Crippen LogP contribution in [-0.2, 0) is 17.7 Å². The first-order chi connectivity index (χ1) is 16.6. The van der Waals surface area contributed by atoms with Crippen LogP contribution in [0.25, 0.3) is 0 Å². The molecule has 2 aliphatic heterocycles. The summed E-state index contributed by atoms with van der Waals surface area (Å²) in [7, 11) is 0. The molecule has 2 N–H and O–H groups in total. The van der Waals surface area contributed by atoms with E-state index in [1.165, 1.54) is 24.7 Å². The van der Waals surface area contributed by atoms with Gasteiger partial charge in [-0.3, -0.25) is 0 Å². The van der Waals surface area contributed by atoms with Crippen LogP contribution < -0.4 is 10.6 Å². The molecule has 0 spiro atoms. The number of carbonyl (C=O) groups is 1. The number of oxazole rings is 1. The average molecular weight is 487 g/mol. The minimum absolute atomic E-state index is 0.00360. The SMILES string of the molecule is O=C(NC(c1ccc(Cl)c(F)c1)c1cnco1)N1CCc2cnc(NC3CCOCC3)nc2C1. The van der Waals surface area contributed by atoms with Gasteiger partial charge in [0.25, 0.3) is 0 Å². The Kier molecular flexibility index (Phi) is 6.59. The van der Waals surface area contributed by atoms with E-state index in [4.69, 9.17) is 20.8 Å². The van der Waals surface area contributed by atoms with E-state index in [-0.39, 0.29) is 17.1 Å². The van der Waals surface area contributed by atoms with E-state index >= 15 is 0 Å². The summed E-state index contributed by atoms with van der Waals surface area (Å²) in [4.78, 5) is 27.9. The Hall–Kier alpha value is -3.24. The second kappa shape index (κ2) is 9.94. The predicted molar refractivity (Wildman–Crippen MR) is 122 cm³/mol. The zero-order valence-corrected chi connectivity index (χ0v) is 19.1. The lowest BCUT2D eigenvalue weighted by Crippen LogP contribution is -2.44. The molecule has 4 heterocycles. The second-order valence-corrected chi connectivity index (χ2v) is 8.74. The fraction of sp³-hybridized carbons (Fsp3) is 0.391. The number of fused-ring (bicyclic) bond motifs is 1. The van der Waals surface area contributed by atoms with E-state index in [0.29, 0.717) is 36.8 Å². The molecular formula is C23H24ClFN6O3. The minimum atomic E-state index is -0.723. The average Bonchev–Trinajstić information content (AvgIpc) is 3.39. The first-order valence-corrected chi connectivity index (χ1v) is 11.5. The Morgan fingerprint density at radius 2 is 2.12 bits per heavy atom. The zero-order valence-electron chi connectivity index (χ0n) is 18.3. The van der Waals surface area contributed by atoms with Crippen LogP contribution >= 0.6 is 11.6 Å². The van der Waals surface area contributed by atoms with Gasteiger partial charge in [0.05, 0.1) is 23.5 Å². The molecule has 2 aliphatic rings. The number of nitrogens with one attached hydrogen (secondary N) is 2. The maximum Gasteiger partial charge on any atom is 0.318 e. The molecule has 1 atom stereocenters. The van der Waals surface area contributed by atoms with Crippen molar-refractivity contribution in [2.75, 3.05) is 25.1 Å². The Morgan fingerprint density at radius 1 is 1.26 bits per heavy atom. The number of anilines is 1. The van der Waals surface area contributed by atoms with Gasteiger partial charge in [-0.05, 0) is 42.5 Å². The van der Waals surface area contributed by atoms with Gasteiger partial charge in [-0.15, -0.1) is 0 Å². The van der Waals surface area contributed by atoms with Crippen molar-refractivity contribution in [2.24, 2.45) is 0 Å². The maximum absolute atomic E-state index is 14.1. The highest BCUT2D eigenvalue weighted by Crippen LogP contribution is 2.26. The molecule has 0 radical (unpaired) electrons. The third kappa shape index (κ3) is 4.97. The summed E-state index contributed by atoms with van der Waals surface area (Å²) in [6, 6.07) is 3.61. The molecule has 5 rings (SSSR count). The Morgan fingerprint density at radius 3 is 2.88 bits per heavy atom. The number of rotatable bonds is 5. The van der Waals surface area contributed by atoms with Crippen molar-refractivity contribution in [2.45, 2.75) is 37.9 Å². The molecule has 1 fully saturated rings. The van der Waals surface area contributed by atoms with E-state index in [0.717, 1.165) is 37.3 Å². The van der Waals surface area contributed by atoms with Crippen molar-refractivity contribution in [1.82, 2.24) is 25.2 Å². The lowest BCUT2D eigenvalue weighted by Gasteiger charge is -2.30. The van der Waals surface area contributed by atoms with Gasteiger partial charge in [-0.25, -0.2) is 24.1 Å². The van der Waals surface area contributed by atoms with Crippen LogP contribution in [0.3, 0.4) is 0 Å². The highest BCUT2D eigenvalue weighted by atomic mass is 35.5. The Labute approximate surface area is 200 Å². The van der Waals surface area contributed by atoms with Crippen LogP contribution in [0.5, 0.6) is 0 Å². The van der Waals surface area contributed by atoms with Crippen LogP contribution in [0, 0.1) is 5.82 Å². The van der Waals surface area contributed by atoms with Crippen molar-refractivity contribution < 1.29 is 18.3 Å². The number of aromatic nitrogens is 3. The summed E-state index contributed by atoms with van der Waals surface area (Å²) < 4.78 is 24.9. The molecule has 3 aromatic rings. The third-order valence-electron chi connectivity index (χ3n) is 6.07. The van der Waals surface area contributed by atoms with Crippen LogP contribution in [0.1, 0.15) is 41.5 Å². The quantitative estimate of drug-likeness (QED) is 0.566. The van der Waals surface area contributed by atoms with Crippen molar-refractivity contribution in [3.63, 3.8) is 0 Å². The minimum Gasteiger partial charge on any atom is -0.446 e. The number of ether oxygens (including phenoxy) is 1. The summed E-state index contributed by atoms with van der Waals surface area (Å²) in [6.45, 7) is 2.29. The summed E-state index contributed by atoms with van der Waals surface area (Å²) in [5, 5.41) is 6.31. The van der Waals surface area contributed by atoms with Crippen LogP contribution in [0.15, 0.2) is 41.4 Å². The number of hydrogen-bond acceptors (Lipinski definition) is 7. The van der Waals surface area contributed by atoms with Crippen molar-refractivity contribution in [3.8, 4) is 0 Å². The van der Waals surface area contributed by atoms with Gasteiger partial charge in [0.2, 0.25) is 5.95 Å². The molecule has 34 heavy (non-hydrogen) atoms. The largest absolute Gasteiger partial charge is 0.446 e. The molecule has 1 aromatic carbocycles. The number of amides is 2. The van der Waals surface area contributed by atoms with Crippen molar-refractivity contribution >= 4 is 23.6 Å². The molecule has 0 aliphatic carbocycles. The molecular weight excluding hydrogens is 463 g/mol. The summed E-state index contributed by atoms with van der Waals surface area (Å²) in [5.41, 5.74) is 2.32. The van der Waals surface area contributed by atoms with Crippen molar-refractivity contribution in [1.29, 1.82) is 0 Å². The normalized spacial score (nSPS) is 17.2. The van der Waals surface area contributed by atoms with Crippen LogP contribution in [0.2, 0.25) is 5.02 Å². The first-order valence-electron chi connectivity index (χ1n) is 11.1. The Bertz CT molecular complexity index is 1160. The molecule has 0 saturated carbocycles. The van der Waals surface area contributed by atoms with Gasteiger partial charge < -0.3 is 24.7 Å². The molecule has 1 saturated heterocycles. The highest BCUT2D eigenvalue weighted by molar-refractivity contribution is 6.30. The van der Waals surface area contributed by atoms with E-state index in [9.17, 15) is 9.18 Å². The fourth-order valence-corrected chi connectivity index (χ4v) is 4.28. The van der Waals surface area contributed by atoms with E-state index in [1.54, 1.807) is 11.0 Å². The fourth-order valence-electron chi connectivity index (χ4n) is 4.16. The predicted octanol–water partition coefficient (Wildman–Crippen LogP) is 3.71. The number of nitrogens with zero attached hydrogens (tertiary/aromatic N) is 4. The number of urea groups is 1. The van der Waals surface area contributed by atoms with Gasteiger partial charge in [0, 0.05) is 32.0 Å². The van der Waals surface area contributed by atoms with Crippen LogP contribution in [0.4, 0.5) is 15.1 Å². The van der Waals surface area contributed by atoms with E-state index < -0.39 is 11.9 Å². The number of halogens is 2. The lowest BCUT2D eigenvalue weighted by atomic mass is 10.0. The third-order valence-corrected chi connectivity index (χ3v) is 6.37. The van der Waals surface area contributed by atoms with Gasteiger partial charge in [-0.1, -0.05) is 17.7 Å². The monoisotopic (exact) mass is 486 g/mol. The smallest absolute Gasteiger partial charge is 0.318 e. The van der Waals surface area contributed by atoms with Gasteiger partial charge in [-0.2, -0.15) is 0 Å². The Balaban J connectivity index is 1.30. The molecule has 1 unspecified atom stereocenters. The highest BCUT2D eigenvalue weighted by Gasteiger charge is 2.27. The molecule has 2 amide bonds. The summed E-state index contributed by atoms with van der Waals surface area (Å²) in [5.74, 6) is 0.368. The first kappa shape index (κ1) is 22.5. The summed E-state index contributed by atoms with van der Waals surface area (Å²) >= 11 is 5.83. The number of benzene rings is 1. The zero-order chi connectivity index (χ0) is 23.5. The molecule has 178 valence electrons. The van der Waals surface area contributed by atoms with Gasteiger partial charge in [0.15, 0.2) is 12.2 Å². The van der Waals surface area contributed by atoms with Gasteiger partial charge in [0.1, 0.15) is 11.9 Å². The summed E-state index contributed by atoms with van der Waals surface area (Å²) in [6.07, 6.45) is 7.04. The molecule has 9 nitrogen and oxygen atoms in total. The molecule has 11 heteroatoms. The molecule has 2 aromatic heterocycles. The number of carbonyl (C=O) groups excluding carboxylic acids is 1. The van der Waals surface area contributed by atoms with E-state index in [2.05, 4.69) is 25.6 Å². The standard InChI is InChI=1S/C23H24ClFN6O3/c24-17-2-1-14(9-18(17)25)21(20-11-26-13-34-20)30-23(32)31-6-3-15-10-27-22(29-19(15)12-31)28-16-4-7-33-8-5-16/h1-2,9-11,13,16,21H,3-8,12H2,(H,30,32)(H,27,28,29). The van der Waals surface area contributed by atoms with Gasteiger partial charge >= 0.3 is 6.03 Å².